The predicted octanol–water partition coefficient (Wildman–Crippen LogP) is 4.32. The van der Waals surface area contributed by atoms with Gasteiger partial charge in [0.05, 0.1) is 29.0 Å². The molecule has 176 valence electrons. The van der Waals surface area contributed by atoms with E-state index in [1.165, 1.54) is 0 Å². The Morgan fingerprint density at radius 1 is 0.824 bits per heavy atom. The maximum absolute atomic E-state index is 12.8. The van der Waals surface area contributed by atoms with Gasteiger partial charge in [-0.15, -0.1) is 0 Å². The highest BCUT2D eigenvalue weighted by Gasteiger charge is 2.22. The van der Waals surface area contributed by atoms with Gasteiger partial charge in [-0.25, -0.2) is 0 Å². The number of hydrogen-bond donors (Lipinski definition) is 3. The first-order valence-electron chi connectivity index (χ1n) is 10.7. The van der Waals surface area contributed by atoms with Crippen LogP contribution in [-0.4, -0.2) is 24.3 Å². The van der Waals surface area contributed by atoms with E-state index in [0.29, 0.717) is 22.0 Å². The first-order valence-corrected chi connectivity index (χ1v) is 11.5. The van der Waals surface area contributed by atoms with Crippen molar-refractivity contribution < 1.29 is 14.4 Å². The predicted molar refractivity (Wildman–Crippen MR) is 134 cm³/mol. The van der Waals surface area contributed by atoms with Crippen molar-refractivity contribution in [3.05, 3.63) is 106 Å². The fraction of sp³-hybridized carbons (Fsp3) is 0.192. The number of benzene rings is 3. The highest BCUT2D eigenvalue weighted by atomic mass is 35.5. The van der Waals surface area contributed by atoms with Crippen LogP contribution >= 0.6 is 23.2 Å². The molecular weight excluding hydrogens is 473 g/mol. The van der Waals surface area contributed by atoms with E-state index in [1.807, 2.05) is 42.5 Å². The van der Waals surface area contributed by atoms with Gasteiger partial charge in [0.15, 0.2) is 0 Å². The van der Waals surface area contributed by atoms with Crippen LogP contribution in [-0.2, 0) is 16.0 Å². The summed E-state index contributed by atoms with van der Waals surface area (Å²) in [7, 11) is 0. The van der Waals surface area contributed by atoms with Gasteiger partial charge in [-0.2, -0.15) is 0 Å². The second kappa shape index (κ2) is 12.2. The Kier molecular flexibility index (Phi) is 9.08. The molecule has 3 aromatic carbocycles. The summed E-state index contributed by atoms with van der Waals surface area (Å²) in [5, 5.41) is 6.51. The highest BCUT2D eigenvalue weighted by Crippen LogP contribution is 2.21. The Bertz CT molecular complexity index is 1150. The van der Waals surface area contributed by atoms with Gasteiger partial charge in [0.1, 0.15) is 0 Å². The Morgan fingerprint density at radius 3 is 2.09 bits per heavy atom. The number of amides is 3. The van der Waals surface area contributed by atoms with Crippen LogP contribution in [0.5, 0.6) is 0 Å². The third kappa shape index (κ3) is 7.07. The quantitative estimate of drug-likeness (QED) is 0.388. The third-order valence-corrected chi connectivity index (χ3v) is 6.09. The molecule has 0 heterocycles. The highest BCUT2D eigenvalue weighted by molar-refractivity contribution is 6.33. The zero-order valence-corrected chi connectivity index (χ0v) is 19.9. The first kappa shape index (κ1) is 25.3. The molecule has 8 heteroatoms. The van der Waals surface area contributed by atoms with E-state index in [9.17, 15) is 14.4 Å². The van der Waals surface area contributed by atoms with Gasteiger partial charge in [0, 0.05) is 11.6 Å². The number of rotatable bonds is 10. The van der Waals surface area contributed by atoms with Crippen molar-refractivity contribution in [1.82, 2.24) is 10.6 Å². The smallest absolute Gasteiger partial charge is 0.253 e. The molecule has 0 aliphatic heterocycles. The molecule has 6 nitrogen and oxygen atoms in total. The van der Waals surface area contributed by atoms with Crippen LogP contribution in [0.4, 0.5) is 0 Å². The minimum atomic E-state index is -0.628. The van der Waals surface area contributed by atoms with E-state index in [1.54, 1.807) is 36.4 Å². The average molecular weight is 498 g/mol. The molecule has 0 saturated heterocycles. The van der Waals surface area contributed by atoms with Crippen LogP contribution in [0.2, 0.25) is 10.0 Å². The largest absolute Gasteiger partial charge is 0.369 e. The van der Waals surface area contributed by atoms with Gasteiger partial charge in [-0.05, 0) is 35.7 Å². The topological polar surface area (TPSA) is 101 Å². The van der Waals surface area contributed by atoms with E-state index < -0.39 is 17.9 Å². The Balaban J connectivity index is 1.67. The minimum absolute atomic E-state index is 0.0300. The molecule has 0 saturated carbocycles. The van der Waals surface area contributed by atoms with Gasteiger partial charge in [-0.3, -0.25) is 14.4 Å². The van der Waals surface area contributed by atoms with Crippen LogP contribution in [0.3, 0.4) is 0 Å². The molecular formula is C26H25Cl2N3O3. The van der Waals surface area contributed by atoms with Gasteiger partial charge in [0.25, 0.3) is 5.91 Å². The molecule has 3 aromatic rings. The number of halogens is 2. The number of carbonyl (C=O) groups excluding carboxylic acids is 3. The fourth-order valence-electron chi connectivity index (χ4n) is 3.52. The molecule has 34 heavy (non-hydrogen) atoms. The zero-order valence-electron chi connectivity index (χ0n) is 18.3. The van der Waals surface area contributed by atoms with Crippen molar-refractivity contribution in [2.24, 2.45) is 11.7 Å². The molecule has 0 aromatic heterocycles. The monoisotopic (exact) mass is 497 g/mol. The molecule has 0 radical (unpaired) electrons. The summed E-state index contributed by atoms with van der Waals surface area (Å²) in [6.45, 7) is 0.0549. The van der Waals surface area contributed by atoms with Crippen molar-refractivity contribution >= 4 is 40.9 Å². The van der Waals surface area contributed by atoms with Crippen molar-refractivity contribution in [2.45, 2.75) is 18.9 Å². The van der Waals surface area contributed by atoms with Gasteiger partial charge < -0.3 is 16.4 Å². The number of nitrogens with one attached hydrogen (secondary N) is 2. The summed E-state index contributed by atoms with van der Waals surface area (Å²) in [6, 6.07) is 22.4. The summed E-state index contributed by atoms with van der Waals surface area (Å²) < 4.78 is 0. The van der Waals surface area contributed by atoms with E-state index in [2.05, 4.69) is 10.6 Å². The molecule has 0 bridgehead atoms. The lowest BCUT2D eigenvalue weighted by Gasteiger charge is -2.20. The van der Waals surface area contributed by atoms with Crippen molar-refractivity contribution in [1.29, 1.82) is 0 Å². The van der Waals surface area contributed by atoms with Crippen molar-refractivity contribution in [3.63, 3.8) is 0 Å². The molecule has 2 unspecified atom stereocenters. The Hall–Kier alpha value is -3.35. The van der Waals surface area contributed by atoms with E-state index >= 15 is 0 Å². The van der Waals surface area contributed by atoms with Crippen LogP contribution in [0.15, 0.2) is 78.9 Å². The number of hydrogen-bond acceptors (Lipinski definition) is 3. The first-order chi connectivity index (χ1) is 16.3. The lowest BCUT2D eigenvalue weighted by atomic mass is 9.98. The summed E-state index contributed by atoms with van der Waals surface area (Å²) in [5.41, 5.74) is 7.41. The summed E-state index contributed by atoms with van der Waals surface area (Å²) in [5.74, 6) is -1.89. The Morgan fingerprint density at radius 2 is 1.44 bits per heavy atom. The van der Waals surface area contributed by atoms with E-state index in [4.69, 9.17) is 28.9 Å². The number of nitrogens with two attached hydrogens (primary N) is 1. The lowest BCUT2D eigenvalue weighted by Crippen LogP contribution is -2.39. The van der Waals surface area contributed by atoms with E-state index in [0.717, 1.165) is 11.1 Å². The second-order valence-electron chi connectivity index (χ2n) is 7.82. The van der Waals surface area contributed by atoms with Crippen LogP contribution in [0, 0.1) is 5.92 Å². The molecule has 0 spiro atoms. The molecule has 3 rings (SSSR count). The third-order valence-electron chi connectivity index (χ3n) is 5.39. The molecule has 0 fully saturated rings. The maximum Gasteiger partial charge on any atom is 0.253 e. The van der Waals surface area contributed by atoms with Crippen LogP contribution in [0.25, 0.3) is 0 Å². The van der Waals surface area contributed by atoms with Crippen molar-refractivity contribution in [3.8, 4) is 0 Å². The van der Waals surface area contributed by atoms with Crippen molar-refractivity contribution in [2.75, 3.05) is 6.54 Å². The standard InChI is InChI=1S/C26H25Cl2N3O3/c27-21-12-6-4-10-18(21)14-19(25(29)33)16-30-24(32)15-23(17-8-2-1-3-9-17)31-26(34)20-11-5-7-13-22(20)28/h1-13,19,23H,14-16H2,(H2,29,33)(H,30,32)(H,31,34). The summed E-state index contributed by atoms with van der Waals surface area (Å²) >= 11 is 12.3. The van der Waals surface area contributed by atoms with Crippen LogP contribution < -0.4 is 16.4 Å². The zero-order chi connectivity index (χ0) is 24.5. The molecule has 0 aliphatic carbocycles. The summed E-state index contributed by atoms with van der Waals surface area (Å²) in [6.07, 6.45) is 0.276. The molecule has 2 atom stereocenters. The molecule has 4 N–H and O–H groups in total. The fourth-order valence-corrected chi connectivity index (χ4v) is 3.95. The number of primary amides is 1. The van der Waals surface area contributed by atoms with Gasteiger partial charge in [0.2, 0.25) is 11.8 Å². The average Bonchev–Trinajstić information content (AvgIpc) is 2.83. The van der Waals surface area contributed by atoms with Gasteiger partial charge in [-0.1, -0.05) is 83.9 Å². The lowest BCUT2D eigenvalue weighted by molar-refractivity contribution is -0.123. The minimum Gasteiger partial charge on any atom is -0.369 e. The number of carbonyl (C=O) groups is 3. The van der Waals surface area contributed by atoms with Gasteiger partial charge >= 0.3 is 0 Å². The second-order valence-corrected chi connectivity index (χ2v) is 8.63. The Labute approximate surface area is 208 Å². The van der Waals surface area contributed by atoms with Crippen LogP contribution in [0.1, 0.15) is 33.9 Å². The summed E-state index contributed by atoms with van der Waals surface area (Å²) in [4.78, 5) is 37.6. The SMILES string of the molecule is NC(=O)C(CNC(=O)CC(NC(=O)c1ccccc1Cl)c1ccccc1)Cc1ccccc1Cl. The van der Waals surface area contributed by atoms with E-state index in [-0.39, 0.29) is 24.8 Å². The molecule has 0 aliphatic rings. The maximum atomic E-state index is 12.8. The molecule has 3 amide bonds. The normalized spacial score (nSPS) is 12.4.